The number of halogens is 1. The number of alkyl halides is 1. The SMILES string of the molecule is CC(C)(O)[C@H]1CC[C@](C)([C@@H](O)C[C@H]2O[C@]2(C)[C@H]2CC[C@H]3O[C@@H]([C@]4(C)CC[C@@H](Br)C(C)(C)O4)CC[C@]3(C)O2)O1. The first-order valence-electron chi connectivity index (χ1n) is 14.8. The number of epoxide rings is 1. The first kappa shape index (κ1) is 29.7. The fraction of sp³-hybridized carbons (Fsp3) is 1.00. The number of rotatable bonds is 6. The summed E-state index contributed by atoms with van der Waals surface area (Å²) in [5.41, 5.74) is -2.87. The second-order valence-corrected chi connectivity index (χ2v) is 15.9. The minimum Gasteiger partial charge on any atom is -0.390 e. The monoisotopic (exact) mass is 602 g/mol. The average Bonchev–Trinajstić information content (AvgIpc) is 3.27. The summed E-state index contributed by atoms with van der Waals surface area (Å²) in [6, 6.07) is 0. The van der Waals surface area contributed by atoms with Gasteiger partial charge in [-0.15, -0.1) is 0 Å². The molecule has 5 aliphatic rings. The molecule has 0 aliphatic carbocycles. The summed E-state index contributed by atoms with van der Waals surface area (Å²) in [6.07, 6.45) is 6.76. The number of hydrogen-bond acceptors (Lipinski definition) is 7. The molecule has 11 atom stereocenters. The van der Waals surface area contributed by atoms with E-state index in [1.807, 2.05) is 6.92 Å². The second kappa shape index (κ2) is 9.62. The van der Waals surface area contributed by atoms with Crippen molar-refractivity contribution in [3.63, 3.8) is 0 Å². The molecule has 5 rings (SSSR count). The maximum atomic E-state index is 11.1. The summed E-state index contributed by atoms with van der Waals surface area (Å²) in [5, 5.41) is 21.5. The van der Waals surface area contributed by atoms with Crippen molar-refractivity contribution >= 4 is 15.9 Å². The summed E-state index contributed by atoms with van der Waals surface area (Å²) < 4.78 is 32.7. The van der Waals surface area contributed by atoms with E-state index in [0.717, 1.165) is 51.4 Å². The Kier molecular flexibility index (Phi) is 7.51. The van der Waals surface area contributed by atoms with Gasteiger partial charge in [-0.3, -0.25) is 0 Å². The molecule has 0 aromatic heterocycles. The van der Waals surface area contributed by atoms with Crippen molar-refractivity contribution in [2.75, 3.05) is 0 Å². The van der Waals surface area contributed by atoms with Gasteiger partial charge in [-0.05, 0) is 107 Å². The van der Waals surface area contributed by atoms with Crippen LogP contribution < -0.4 is 0 Å². The first-order chi connectivity index (χ1) is 17.4. The van der Waals surface area contributed by atoms with Gasteiger partial charge < -0.3 is 33.9 Å². The maximum Gasteiger partial charge on any atom is 0.118 e. The van der Waals surface area contributed by atoms with E-state index in [0.29, 0.717) is 11.2 Å². The van der Waals surface area contributed by atoms with Crippen molar-refractivity contribution in [3.05, 3.63) is 0 Å². The quantitative estimate of drug-likeness (QED) is 0.319. The van der Waals surface area contributed by atoms with E-state index in [-0.39, 0.29) is 47.3 Å². The Labute approximate surface area is 237 Å². The van der Waals surface area contributed by atoms with Gasteiger partial charge in [-0.25, -0.2) is 0 Å². The zero-order chi connectivity index (χ0) is 27.9. The highest BCUT2D eigenvalue weighted by atomic mass is 79.9. The number of hydrogen-bond donors (Lipinski definition) is 2. The normalized spacial score (nSPS) is 51.9. The maximum absolute atomic E-state index is 11.1. The minimum atomic E-state index is -0.919. The Hall–Kier alpha value is 0.200. The van der Waals surface area contributed by atoms with Crippen LogP contribution in [0.2, 0.25) is 0 Å². The van der Waals surface area contributed by atoms with Crippen molar-refractivity contribution in [2.24, 2.45) is 0 Å². The predicted octanol–water partition coefficient (Wildman–Crippen LogP) is 5.20. The minimum absolute atomic E-state index is 0.0304. The van der Waals surface area contributed by atoms with Crippen LogP contribution in [0.4, 0.5) is 0 Å². The van der Waals surface area contributed by atoms with Crippen LogP contribution in [0, 0.1) is 0 Å². The zero-order valence-corrected chi connectivity index (χ0v) is 26.3. The van der Waals surface area contributed by atoms with Gasteiger partial charge in [-0.1, -0.05) is 15.9 Å². The number of aliphatic hydroxyl groups is 2. The van der Waals surface area contributed by atoms with Gasteiger partial charge in [0.25, 0.3) is 0 Å². The van der Waals surface area contributed by atoms with Crippen LogP contribution in [0.15, 0.2) is 0 Å². The van der Waals surface area contributed by atoms with Crippen molar-refractivity contribution in [3.8, 4) is 0 Å². The van der Waals surface area contributed by atoms with Crippen LogP contribution in [-0.4, -0.2) is 85.3 Å². The van der Waals surface area contributed by atoms with Gasteiger partial charge in [0, 0.05) is 11.2 Å². The lowest BCUT2D eigenvalue weighted by molar-refractivity contribution is -0.292. The van der Waals surface area contributed by atoms with E-state index >= 15 is 0 Å². The third kappa shape index (κ3) is 5.28. The van der Waals surface area contributed by atoms with Gasteiger partial charge >= 0.3 is 0 Å². The summed E-state index contributed by atoms with van der Waals surface area (Å²) in [7, 11) is 0. The lowest BCUT2D eigenvalue weighted by atomic mass is 9.76. The van der Waals surface area contributed by atoms with Gasteiger partial charge in [0.2, 0.25) is 0 Å². The Morgan fingerprint density at radius 1 is 0.816 bits per heavy atom. The molecule has 38 heavy (non-hydrogen) atoms. The fourth-order valence-electron chi connectivity index (χ4n) is 7.63. The molecule has 8 heteroatoms. The van der Waals surface area contributed by atoms with Crippen LogP contribution in [-0.2, 0) is 23.7 Å². The molecule has 0 bridgehead atoms. The molecule has 5 heterocycles. The van der Waals surface area contributed by atoms with E-state index < -0.39 is 22.9 Å². The fourth-order valence-corrected chi connectivity index (χ4v) is 7.96. The summed E-state index contributed by atoms with van der Waals surface area (Å²) in [4.78, 5) is 0.354. The molecular formula is C30H51BrO7. The van der Waals surface area contributed by atoms with Crippen LogP contribution in [0.5, 0.6) is 0 Å². The largest absolute Gasteiger partial charge is 0.390 e. The smallest absolute Gasteiger partial charge is 0.118 e. The van der Waals surface area contributed by atoms with Gasteiger partial charge in [-0.2, -0.15) is 0 Å². The van der Waals surface area contributed by atoms with Crippen molar-refractivity contribution < 1.29 is 33.9 Å². The number of ether oxygens (including phenoxy) is 5. The molecule has 0 aromatic rings. The topological polar surface area (TPSA) is 89.9 Å². The first-order valence-corrected chi connectivity index (χ1v) is 15.8. The molecule has 0 aromatic carbocycles. The number of aliphatic hydroxyl groups excluding tert-OH is 1. The van der Waals surface area contributed by atoms with Gasteiger partial charge in [0.15, 0.2) is 0 Å². The van der Waals surface area contributed by atoms with E-state index in [1.54, 1.807) is 13.8 Å². The molecule has 5 fully saturated rings. The van der Waals surface area contributed by atoms with Gasteiger partial charge in [0.1, 0.15) is 5.60 Å². The molecule has 2 N–H and O–H groups in total. The van der Waals surface area contributed by atoms with E-state index in [2.05, 4.69) is 50.5 Å². The Balaban J connectivity index is 1.17. The van der Waals surface area contributed by atoms with Crippen LogP contribution >= 0.6 is 15.9 Å². The van der Waals surface area contributed by atoms with Crippen molar-refractivity contribution in [2.45, 2.75) is 188 Å². The highest BCUT2D eigenvalue weighted by Gasteiger charge is 2.64. The molecule has 5 aliphatic heterocycles. The zero-order valence-electron chi connectivity index (χ0n) is 24.7. The molecule has 0 radical (unpaired) electrons. The number of fused-ring (bicyclic) bond motifs is 1. The predicted molar refractivity (Wildman–Crippen MR) is 149 cm³/mol. The van der Waals surface area contributed by atoms with Crippen LogP contribution in [0.3, 0.4) is 0 Å². The molecule has 7 nitrogen and oxygen atoms in total. The lowest BCUT2D eigenvalue weighted by Gasteiger charge is -2.55. The molecule has 0 spiro atoms. The molecule has 5 saturated heterocycles. The van der Waals surface area contributed by atoms with Crippen LogP contribution in [0.25, 0.3) is 0 Å². The average molecular weight is 604 g/mol. The molecule has 0 unspecified atom stereocenters. The molecule has 0 amide bonds. The van der Waals surface area contributed by atoms with Crippen LogP contribution in [0.1, 0.15) is 113 Å². The third-order valence-corrected chi connectivity index (χ3v) is 12.3. The molecule has 0 saturated carbocycles. The van der Waals surface area contributed by atoms with E-state index in [9.17, 15) is 10.2 Å². The highest BCUT2D eigenvalue weighted by molar-refractivity contribution is 9.09. The molecular weight excluding hydrogens is 552 g/mol. The van der Waals surface area contributed by atoms with E-state index in [4.69, 9.17) is 23.7 Å². The third-order valence-electron chi connectivity index (χ3n) is 10.7. The summed E-state index contributed by atoms with van der Waals surface area (Å²) in [6.45, 7) is 16.4. The summed E-state index contributed by atoms with van der Waals surface area (Å²) in [5.74, 6) is 0. The standard InChI is InChI=1S/C30H51BrO7/c1-25(2,33)20-12-15-27(5,35-20)19(32)17-24-30(8,37-24)23-10-9-21-28(6,36-23)16-13-22(34-21)29(7)14-11-18(31)26(3,4)38-29/h18-24,32-33H,9-17H2,1-8H3/t18-,19+,20-,21-,22-,23-,24-,27-,28+,29+,30-/m1/s1. The molecule has 220 valence electrons. The second-order valence-electron chi connectivity index (χ2n) is 14.8. The van der Waals surface area contributed by atoms with Crippen molar-refractivity contribution in [1.82, 2.24) is 0 Å². The Morgan fingerprint density at radius 3 is 2.08 bits per heavy atom. The lowest BCUT2D eigenvalue weighted by Crippen LogP contribution is -2.63. The summed E-state index contributed by atoms with van der Waals surface area (Å²) >= 11 is 3.80. The highest BCUT2D eigenvalue weighted by Crippen LogP contribution is 2.53. The van der Waals surface area contributed by atoms with E-state index in [1.165, 1.54) is 0 Å². The Morgan fingerprint density at radius 2 is 1.45 bits per heavy atom. The van der Waals surface area contributed by atoms with Crippen molar-refractivity contribution in [1.29, 1.82) is 0 Å². The van der Waals surface area contributed by atoms with Gasteiger partial charge in [0.05, 0.1) is 64.6 Å². The Bertz CT molecular complexity index is 892.